The highest BCUT2D eigenvalue weighted by atomic mass is 16.5. The number of hydrogen-bond acceptors (Lipinski definition) is 8. The van der Waals surface area contributed by atoms with E-state index in [1.165, 1.54) is 44.4 Å². The van der Waals surface area contributed by atoms with Crippen LogP contribution >= 0.6 is 0 Å². The first-order chi connectivity index (χ1) is 18.8. The normalized spacial score (nSPS) is 20.2. The van der Waals surface area contributed by atoms with Gasteiger partial charge < -0.3 is 29.7 Å². The van der Waals surface area contributed by atoms with Crippen LogP contribution in [0.4, 0.5) is 5.69 Å². The van der Waals surface area contributed by atoms with Crippen LogP contribution in [0.2, 0.25) is 0 Å². The first-order valence-corrected chi connectivity index (χ1v) is 12.6. The summed E-state index contributed by atoms with van der Waals surface area (Å²) in [6.07, 6.45) is 2.91. The smallest absolute Gasteiger partial charge is 0.337 e. The zero-order valence-corrected chi connectivity index (χ0v) is 22.0. The Labute approximate surface area is 225 Å². The Morgan fingerprint density at radius 3 is 2.23 bits per heavy atom. The molecule has 1 saturated carbocycles. The summed E-state index contributed by atoms with van der Waals surface area (Å²) in [6.45, 7) is 0. The van der Waals surface area contributed by atoms with Gasteiger partial charge in [-0.25, -0.2) is 9.59 Å². The van der Waals surface area contributed by atoms with E-state index in [9.17, 15) is 24.0 Å². The summed E-state index contributed by atoms with van der Waals surface area (Å²) in [7, 11) is 3.85. The van der Waals surface area contributed by atoms with Crippen LogP contribution in [0.3, 0.4) is 0 Å². The van der Waals surface area contributed by atoms with Crippen molar-refractivity contribution in [3.8, 4) is 5.75 Å². The quantitative estimate of drug-likeness (QED) is 0.514. The minimum absolute atomic E-state index is 0.0316. The van der Waals surface area contributed by atoms with Crippen molar-refractivity contribution >= 4 is 35.3 Å². The van der Waals surface area contributed by atoms with Gasteiger partial charge in [0.2, 0.25) is 11.8 Å². The monoisotopic (exact) mass is 537 g/mol. The summed E-state index contributed by atoms with van der Waals surface area (Å²) in [4.78, 5) is 66.1. The van der Waals surface area contributed by atoms with Crippen LogP contribution in [0.5, 0.6) is 5.75 Å². The molecule has 2 N–H and O–H groups in total. The van der Waals surface area contributed by atoms with Crippen LogP contribution in [-0.2, 0) is 19.1 Å². The van der Waals surface area contributed by atoms with Gasteiger partial charge in [0.15, 0.2) is 0 Å². The number of methoxy groups -OCH3 is 3. The van der Waals surface area contributed by atoms with E-state index >= 15 is 0 Å². The number of carbonyl (C=O) groups excluding carboxylic acids is 5. The number of hydrogen-bond donors (Lipinski definition) is 2. The summed E-state index contributed by atoms with van der Waals surface area (Å²) >= 11 is 0. The Morgan fingerprint density at radius 2 is 1.59 bits per heavy atom. The average molecular weight is 538 g/mol. The first-order valence-electron chi connectivity index (χ1n) is 12.6. The van der Waals surface area contributed by atoms with E-state index in [1.54, 1.807) is 24.3 Å². The molecular formula is C28H31N3O8. The fraction of sp³-hybridized carbons (Fsp3) is 0.393. The largest absolute Gasteiger partial charge is 0.496 e. The summed E-state index contributed by atoms with van der Waals surface area (Å²) in [5.74, 6) is -2.44. The van der Waals surface area contributed by atoms with E-state index in [1.807, 2.05) is 0 Å². The lowest BCUT2D eigenvalue weighted by Crippen LogP contribution is -2.68. The molecule has 206 valence electrons. The number of piperazine rings is 1. The van der Waals surface area contributed by atoms with Crippen molar-refractivity contribution in [3.63, 3.8) is 0 Å². The molecule has 1 aliphatic heterocycles. The van der Waals surface area contributed by atoms with Crippen LogP contribution in [0.25, 0.3) is 0 Å². The van der Waals surface area contributed by atoms with E-state index in [2.05, 4.69) is 10.6 Å². The Balaban J connectivity index is 1.63. The van der Waals surface area contributed by atoms with E-state index < -0.39 is 35.7 Å². The predicted molar refractivity (Wildman–Crippen MR) is 140 cm³/mol. The van der Waals surface area contributed by atoms with Crippen LogP contribution < -0.4 is 15.4 Å². The lowest BCUT2D eigenvalue weighted by molar-refractivity contribution is -0.135. The van der Waals surface area contributed by atoms with Crippen molar-refractivity contribution in [1.29, 1.82) is 0 Å². The summed E-state index contributed by atoms with van der Waals surface area (Å²) in [6, 6.07) is 9.20. The minimum Gasteiger partial charge on any atom is -0.496 e. The molecule has 4 rings (SSSR count). The fourth-order valence-electron chi connectivity index (χ4n) is 5.25. The maximum atomic E-state index is 13.9. The number of amides is 3. The van der Waals surface area contributed by atoms with Gasteiger partial charge in [-0.15, -0.1) is 0 Å². The number of carbonyl (C=O) groups is 5. The predicted octanol–water partition coefficient (Wildman–Crippen LogP) is 2.55. The van der Waals surface area contributed by atoms with Gasteiger partial charge in [-0.2, -0.15) is 0 Å². The SMILES string of the molecule is COC(=O)c1cc(NC(=O)CC2C(=O)NC3CCCCC3N2C(=O)c2ccccc2OC)cc(C(=O)OC)c1. The first kappa shape index (κ1) is 27.6. The molecule has 3 unspecified atom stereocenters. The number of ether oxygens (including phenoxy) is 3. The molecule has 2 aromatic rings. The van der Waals surface area contributed by atoms with Crippen molar-refractivity contribution in [3.05, 3.63) is 59.2 Å². The second-order valence-corrected chi connectivity index (χ2v) is 9.43. The zero-order valence-electron chi connectivity index (χ0n) is 22.0. The van der Waals surface area contributed by atoms with Gasteiger partial charge in [-0.3, -0.25) is 14.4 Å². The number of esters is 2. The van der Waals surface area contributed by atoms with Gasteiger partial charge in [0.05, 0.1) is 50.5 Å². The van der Waals surface area contributed by atoms with E-state index in [4.69, 9.17) is 14.2 Å². The van der Waals surface area contributed by atoms with Crippen molar-refractivity contribution in [2.45, 2.75) is 50.2 Å². The lowest BCUT2D eigenvalue weighted by Gasteiger charge is -2.48. The molecule has 3 atom stereocenters. The second-order valence-electron chi connectivity index (χ2n) is 9.43. The third-order valence-electron chi connectivity index (χ3n) is 7.06. The molecule has 1 heterocycles. The molecule has 2 aromatic carbocycles. The molecular weight excluding hydrogens is 506 g/mol. The molecule has 0 spiro atoms. The minimum atomic E-state index is -1.08. The highest BCUT2D eigenvalue weighted by Crippen LogP contribution is 2.32. The Hall–Kier alpha value is -4.41. The number of anilines is 1. The van der Waals surface area contributed by atoms with Crippen LogP contribution in [0, 0.1) is 0 Å². The van der Waals surface area contributed by atoms with Gasteiger partial charge in [-0.05, 0) is 43.2 Å². The Bertz CT molecular complexity index is 1260. The molecule has 1 saturated heterocycles. The Kier molecular flexibility index (Phi) is 8.48. The molecule has 11 heteroatoms. The molecule has 11 nitrogen and oxygen atoms in total. The maximum Gasteiger partial charge on any atom is 0.337 e. The number of nitrogens with zero attached hydrogens (tertiary/aromatic N) is 1. The molecule has 0 aromatic heterocycles. The fourth-order valence-corrected chi connectivity index (χ4v) is 5.25. The third-order valence-corrected chi connectivity index (χ3v) is 7.06. The topological polar surface area (TPSA) is 140 Å². The number of rotatable bonds is 7. The second kappa shape index (κ2) is 12.0. The zero-order chi connectivity index (χ0) is 28.1. The maximum absolute atomic E-state index is 13.9. The third kappa shape index (κ3) is 5.87. The van der Waals surface area contributed by atoms with Crippen LogP contribution in [0.15, 0.2) is 42.5 Å². The lowest BCUT2D eigenvalue weighted by atomic mass is 9.84. The molecule has 3 amide bonds. The summed E-state index contributed by atoms with van der Waals surface area (Å²) in [5.41, 5.74) is 0.504. The van der Waals surface area contributed by atoms with Crippen molar-refractivity contribution in [1.82, 2.24) is 10.2 Å². The molecule has 39 heavy (non-hydrogen) atoms. The van der Waals surface area contributed by atoms with E-state index in [0.29, 0.717) is 17.7 Å². The highest BCUT2D eigenvalue weighted by Gasteiger charge is 2.46. The number of benzene rings is 2. The van der Waals surface area contributed by atoms with E-state index in [0.717, 1.165) is 19.3 Å². The summed E-state index contributed by atoms with van der Waals surface area (Å²) < 4.78 is 14.9. The average Bonchev–Trinajstić information content (AvgIpc) is 2.96. The van der Waals surface area contributed by atoms with Crippen LogP contribution in [-0.4, -0.2) is 74.0 Å². The Morgan fingerprint density at radius 1 is 0.949 bits per heavy atom. The molecule has 0 bridgehead atoms. The van der Waals surface area contributed by atoms with Crippen molar-refractivity contribution in [2.75, 3.05) is 26.6 Å². The van der Waals surface area contributed by atoms with Gasteiger partial charge in [-0.1, -0.05) is 25.0 Å². The molecule has 0 radical (unpaired) electrons. The molecule has 1 aliphatic carbocycles. The van der Waals surface area contributed by atoms with E-state index in [-0.39, 0.29) is 35.3 Å². The van der Waals surface area contributed by atoms with Crippen molar-refractivity contribution < 1.29 is 38.2 Å². The van der Waals surface area contributed by atoms with Gasteiger partial charge >= 0.3 is 11.9 Å². The number of nitrogens with one attached hydrogen (secondary N) is 2. The van der Waals surface area contributed by atoms with Crippen molar-refractivity contribution in [2.24, 2.45) is 0 Å². The highest BCUT2D eigenvalue weighted by molar-refractivity contribution is 6.04. The number of para-hydroxylation sites is 1. The van der Waals surface area contributed by atoms with Gasteiger partial charge in [0.25, 0.3) is 5.91 Å². The molecule has 2 fully saturated rings. The number of fused-ring (bicyclic) bond motifs is 1. The standard InChI is InChI=1S/C28H31N3O8/c1-37-23-11-7-4-8-19(23)26(34)31-21-10-6-5-9-20(21)30-25(33)22(31)15-24(32)29-18-13-16(27(35)38-2)12-17(14-18)28(36)39-3/h4,7-8,11-14,20-22H,5-6,9-10,15H2,1-3H3,(H,29,32)(H,30,33). The summed E-state index contributed by atoms with van der Waals surface area (Å²) in [5, 5.41) is 5.64. The molecule has 2 aliphatic rings. The van der Waals surface area contributed by atoms with Crippen LogP contribution in [0.1, 0.15) is 63.2 Å². The van der Waals surface area contributed by atoms with Gasteiger partial charge in [0.1, 0.15) is 11.8 Å². The van der Waals surface area contributed by atoms with Gasteiger partial charge in [0, 0.05) is 11.7 Å².